The monoisotopic (exact) mass is 590 g/mol. The number of aromatic nitrogens is 1. The number of nitrogens with two attached hydrogens (primary N) is 1. The van der Waals surface area contributed by atoms with E-state index < -0.39 is 35.9 Å². The summed E-state index contributed by atoms with van der Waals surface area (Å²) in [5.74, 6) is -1.61. The number of hydrogen-bond donors (Lipinski definition) is 4. The predicted molar refractivity (Wildman–Crippen MR) is 170 cm³/mol. The molecule has 1 saturated carbocycles. The van der Waals surface area contributed by atoms with Crippen molar-refractivity contribution >= 4 is 17.7 Å². The number of benzene rings is 1. The maximum atomic E-state index is 13.7. The molecule has 3 amide bonds. The van der Waals surface area contributed by atoms with E-state index in [9.17, 15) is 19.5 Å². The van der Waals surface area contributed by atoms with Crippen molar-refractivity contribution in [2.24, 2.45) is 29.4 Å². The van der Waals surface area contributed by atoms with Gasteiger partial charge in [-0.3, -0.25) is 19.4 Å². The first kappa shape index (κ1) is 34.0. The Morgan fingerprint density at radius 1 is 0.977 bits per heavy atom. The Hall–Kier alpha value is -3.52. The van der Waals surface area contributed by atoms with Crippen LogP contribution in [-0.2, 0) is 27.2 Å². The zero-order valence-electron chi connectivity index (χ0n) is 25.8. The normalized spacial score (nSPS) is 17.3. The maximum absolute atomic E-state index is 13.7. The van der Waals surface area contributed by atoms with Crippen molar-refractivity contribution in [1.82, 2.24) is 15.6 Å². The Kier molecular flexibility index (Phi) is 13.9. The second kappa shape index (κ2) is 17.6. The Morgan fingerprint density at radius 2 is 1.60 bits per heavy atom. The lowest BCUT2D eigenvalue weighted by Crippen LogP contribution is -2.54. The molecular weight excluding hydrogens is 540 g/mol. The molecule has 0 bridgehead atoms. The first-order valence-electron chi connectivity index (χ1n) is 15.8. The summed E-state index contributed by atoms with van der Waals surface area (Å²) in [4.78, 5) is 43.7. The van der Waals surface area contributed by atoms with Crippen molar-refractivity contribution in [3.63, 3.8) is 0 Å². The van der Waals surface area contributed by atoms with E-state index in [1.54, 1.807) is 18.5 Å². The fourth-order valence-corrected chi connectivity index (χ4v) is 6.17. The van der Waals surface area contributed by atoms with Gasteiger partial charge in [0.25, 0.3) is 0 Å². The molecule has 1 aliphatic carbocycles. The minimum absolute atomic E-state index is 0.0343. The summed E-state index contributed by atoms with van der Waals surface area (Å²) in [5.41, 5.74) is 7.67. The summed E-state index contributed by atoms with van der Waals surface area (Å²) >= 11 is 0. The number of carbonyl (C=O) groups is 3. The zero-order chi connectivity index (χ0) is 31.2. The SMILES string of the molecule is C=CC[C@H](NC(=O)C(Cc1ccccc1)Cc1ccncc1)C(=O)N[C@@H](CC1CCCCC1)[C@@H](O)C[C@@H](C(N)=O)C(C)C. The average molecular weight is 591 g/mol. The van der Waals surface area contributed by atoms with Gasteiger partial charge in [-0.1, -0.05) is 82.4 Å². The Balaban J connectivity index is 1.77. The van der Waals surface area contributed by atoms with Gasteiger partial charge in [-0.25, -0.2) is 0 Å². The molecule has 1 aliphatic rings. The first-order valence-corrected chi connectivity index (χ1v) is 15.8. The minimum Gasteiger partial charge on any atom is -0.391 e. The largest absolute Gasteiger partial charge is 0.391 e. The molecule has 43 heavy (non-hydrogen) atoms. The van der Waals surface area contributed by atoms with Crippen molar-refractivity contribution < 1.29 is 19.5 Å². The van der Waals surface area contributed by atoms with E-state index in [0.717, 1.165) is 36.8 Å². The van der Waals surface area contributed by atoms with Gasteiger partial charge in [0.1, 0.15) is 6.04 Å². The van der Waals surface area contributed by atoms with Gasteiger partial charge in [-0.2, -0.15) is 0 Å². The highest BCUT2D eigenvalue weighted by Crippen LogP contribution is 2.29. The van der Waals surface area contributed by atoms with Crippen molar-refractivity contribution in [2.45, 2.75) is 96.2 Å². The van der Waals surface area contributed by atoms with E-state index in [2.05, 4.69) is 22.2 Å². The molecule has 1 fully saturated rings. The molecule has 234 valence electrons. The number of rotatable bonds is 17. The van der Waals surface area contributed by atoms with E-state index in [0.29, 0.717) is 25.2 Å². The molecule has 0 aliphatic heterocycles. The first-order chi connectivity index (χ1) is 20.7. The lowest BCUT2D eigenvalue weighted by Gasteiger charge is -2.33. The molecule has 2 aromatic rings. The van der Waals surface area contributed by atoms with Crippen LogP contribution in [0.25, 0.3) is 0 Å². The zero-order valence-corrected chi connectivity index (χ0v) is 25.8. The molecule has 5 atom stereocenters. The molecule has 1 aromatic heterocycles. The number of pyridine rings is 1. The summed E-state index contributed by atoms with van der Waals surface area (Å²) in [7, 11) is 0. The second-order valence-electron chi connectivity index (χ2n) is 12.4. The summed E-state index contributed by atoms with van der Waals surface area (Å²) < 4.78 is 0. The van der Waals surface area contributed by atoms with Gasteiger partial charge >= 0.3 is 0 Å². The number of primary amides is 1. The molecule has 0 spiro atoms. The van der Waals surface area contributed by atoms with Gasteiger partial charge in [0.2, 0.25) is 17.7 Å². The van der Waals surface area contributed by atoms with Crippen LogP contribution in [0.1, 0.15) is 76.3 Å². The second-order valence-corrected chi connectivity index (χ2v) is 12.4. The van der Waals surface area contributed by atoms with E-state index in [1.165, 1.54) is 6.42 Å². The number of aliphatic hydroxyl groups excluding tert-OH is 1. The van der Waals surface area contributed by atoms with Crippen LogP contribution in [0.2, 0.25) is 0 Å². The molecule has 0 radical (unpaired) electrons. The van der Waals surface area contributed by atoms with Gasteiger partial charge in [0, 0.05) is 24.2 Å². The van der Waals surface area contributed by atoms with E-state index >= 15 is 0 Å². The molecule has 8 heteroatoms. The van der Waals surface area contributed by atoms with Crippen LogP contribution in [-0.4, -0.2) is 46.0 Å². The molecular formula is C35H50N4O4. The number of aliphatic hydroxyl groups is 1. The molecule has 1 heterocycles. The fraction of sp³-hybridized carbons (Fsp3) is 0.543. The predicted octanol–water partition coefficient (Wildman–Crippen LogP) is 4.51. The van der Waals surface area contributed by atoms with E-state index in [1.807, 2.05) is 56.3 Å². The van der Waals surface area contributed by atoms with Crippen LogP contribution in [0.15, 0.2) is 67.5 Å². The van der Waals surface area contributed by atoms with Crippen LogP contribution in [0.4, 0.5) is 0 Å². The number of nitrogens with one attached hydrogen (secondary N) is 2. The maximum Gasteiger partial charge on any atom is 0.243 e. The highest BCUT2D eigenvalue weighted by Gasteiger charge is 2.33. The topological polar surface area (TPSA) is 134 Å². The van der Waals surface area contributed by atoms with E-state index in [4.69, 9.17) is 5.73 Å². The van der Waals surface area contributed by atoms with Gasteiger partial charge in [-0.15, -0.1) is 6.58 Å². The third-order valence-corrected chi connectivity index (χ3v) is 8.73. The molecule has 0 saturated heterocycles. The van der Waals surface area contributed by atoms with Crippen LogP contribution >= 0.6 is 0 Å². The Labute approximate surface area is 256 Å². The smallest absolute Gasteiger partial charge is 0.243 e. The molecule has 8 nitrogen and oxygen atoms in total. The minimum atomic E-state index is -0.941. The van der Waals surface area contributed by atoms with Gasteiger partial charge < -0.3 is 21.5 Å². The number of amides is 3. The van der Waals surface area contributed by atoms with Crippen LogP contribution < -0.4 is 16.4 Å². The molecule has 3 rings (SSSR count). The summed E-state index contributed by atoms with van der Waals surface area (Å²) in [5, 5.41) is 17.4. The quantitative estimate of drug-likeness (QED) is 0.201. The number of carbonyl (C=O) groups excluding carboxylic acids is 3. The lowest BCUT2D eigenvalue weighted by molar-refractivity contribution is -0.132. The van der Waals surface area contributed by atoms with Gasteiger partial charge in [0.15, 0.2) is 0 Å². The highest BCUT2D eigenvalue weighted by atomic mass is 16.3. The number of hydrogen-bond acceptors (Lipinski definition) is 5. The highest BCUT2D eigenvalue weighted by molar-refractivity contribution is 5.89. The number of nitrogens with zero attached hydrogens (tertiary/aromatic N) is 1. The molecule has 5 N–H and O–H groups in total. The lowest BCUT2D eigenvalue weighted by atomic mass is 9.81. The molecule has 1 unspecified atom stereocenters. The van der Waals surface area contributed by atoms with Crippen LogP contribution in [0.5, 0.6) is 0 Å². The third-order valence-electron chi connectivity index (χ3n) is 8.73. The van der Waals surface area contributed by atoms with Crippen molar-refractivity contribution in [1.29, 1.82) is 0 Å². The standard InChI is InChI=1S/C35H50N4O4/c1-4-11-30(38-34(42)28(20-25-12-7-5-8-13-25)21-27-16-18-37-19-17-27)35(43)39-31(22-26-14-9-6-10-15-26)32(40)23-29(24(2)3)33(36)41/h4-5,7-8,12-13,16-19,24,26,28-32,40H,1,6,9-11,14-15,20-23H2,2-3H3,(H2,36,41)(H,38,42)(H,39,43)/t28?,29-,30+,31+,32+/m1/s1. The van der Waals surface area contributed by atoms with Crippen LogP contribution in [0, 0.1) is 23.7 Å². The van der Waals surface area contributed by atoms with E-state index in [-0.39, 0.29) is 30.6 Å². The molecule has 1 aromatic carbocycles. The summed E-state index contributed by atoms with van der Waals surface area (Å²) in [6, 6.07) is 12.2. The summed E-state index contributed by atoms with van der Waals surface area (Å²) in [6.07, 6.45) is 11.7. The Morgan fingerprint density at radius 3 is 2.19 bits per heavy atom. The third kappa shape index (κ3) is 11.2. The van der Waals surface area contributed by atoms with Crippen molar-refractivity contribution in [2.75, 3.05) is 0 Å². The van der Waals surface area contributed by atoms with Gasteiger partial charge in [-0.05, 0) is 67.2 Å². The summed E-state index contributed by atoms with van der Waals surface area (Å²) in [6.45, 7) is 7.63. The van der Waals surface area contributed by atoms with Crippen molar-refractivity contribution in [3.8, 4) is 0 Å². The fourth-order valence-electron chi connectivity index (χ4n) is 6.17. The van der Waals surface area contributed by atoms with Crippen LogP contribution in [0.3, 0.4) is 0 Å². The van der Waals surface area contributed by atoms with Crippen molar-refractivity contribution in [3.05, 3.63) is 78.6 Å². The average Bonchev–Trinajstić information content (AvgIpc) is 3.00. The van der Waals surface area contributed by atoms with Gasteiger partial charge in [0.05, 0.1) is 12.1 Å². The Bertz CT molecular complexity index is 1110.